The van der Waals surface area contributed by atoms with Gasteiger partial charge in [0.2, 0.25) is 0 Å². The molecule has 1 saturated heterocycles. The zero-order valence-electron chi connectivity index (χ0n) is 15.1. The van der Waals surface area contributed by atoms with Crippen LogP contribution in [0.2, 0.25) is 0 Å². The molecule has 1 atom stereocenters. The van der Waals surface area contributed by atoms with E-state index in [2.05, 4.69) is 20.3 Å². The highest BCUT2D eigenvalue weighted by molar-refractivity contribution is 6.04. The highest BCUT2D eigenvalue weighted by atomic mass is 16.2. The van der Waals surface area contributed by atoms with E-state index in [9.17, 15) is 9.59 Å². The lowest BCUT2D eigenvalue weighted by atomic mass is 10.1. The van der Waals surface area contributed by atoms with Crippen LogP contribution in [-0.2, 0) is 0 Å². The molecule has 2 aromatic heterocycles. The van der Waals surface area contributed by atoms with Crippen LogP contribution in [-0.4, -0.2) is 44.8 Å². The Hall–Kier alpha value is -2.83. The van der Waals surface area contributed by atoms with Crippen LogP contribution in [0.3, 0.4) is 0 Å². The van der Waals surface area contributed by atoms with Crippen molar-refractivity contribution in [1.29, 1.82) is 0 Å². The van der Waals surface area contributed by atoms with Crippen LogP contribution in [0.15, 0.2) is 30.7 Å². The molecule has 0 aliphatic carbocycles. The fourth-order valence-corrected chi connectivity index (χ4v) is 3.19. The molecular formula is C19H23N5O2. The molecule has 26 heavy (non-hydrogen) atoms. The quantitative estimate of drug-likeness (QED) is 0.911. The molecular weight excluding hydrogens is 330 g/mol. The molecule has 1 N–H and O–H groups in total. The number of carbonyl (C=O) groups is 2. The summed E-state index contributed by atoms with van der Waals surface area (Å²) in [6, 6.07) is 3.49. The van der Waals surface area contributed by atoms with Crippen molar-refractivity contribution in [2.24, 2.45) is 0 Å². The number of rotatable bonds is 4. The van der Waals surface area contributed by atoms with Gasteiger partial charge in [-0.05, 0) is 44.7 Å². The van der Waals surface area contributed by atoms with E-state index in [1.165, 1.54) is 12.4 Å². The fraction of sp³-hybridized carbons (Fsp3) is 0.421. The minimum atomic E-state index is -0.420. The van der Waals surface area contributed by atoms with Gasteiger partial charge in [-0.15, -0.1) is 0 Å². The zero-order chi connectivity index (χ0) is 18.5. The van der Waals surface area contributed by atoms with Crippen LogP contribution in [0.25, 0.3) is 0 Å². The molecule has 3 rings (SSSR count). The molecule has 1 aliphatic heterocycles. The number of likely N-dealkylation sites (tertiary alicyclic amines) is 1. The number of amides is 2. The second-order valence-electron chi connectivity index (χ2n) is 6.51. The van der Waals surface area contributed by atoms with E-state index in [0.717, 1.165) is 30.5 Å². The Balaban J connectivity index is 1.79. The van der Waals surface area contributed by atoms with E-state index in [1.807, 2.05) is 26.0 Å². The molecule has 7 nitrogen and oxygen atoms in total. The highest BCUT2D eigenvalue weighted by Gasteiger charge is 2.26. The maximum atomic E-state index is 12.8. The van der Waals surface area contributed by atoms with Crippen LogP contribution in [0, 0.1) is 6.92 Å². The van der Waals surface area contributed by atoms with Crippen LogP contribution in [0.4, 0.5) is 0 Å². The molecule has 7 heteroatoms. The van der Waals surface area contributed by atoms with Gasteiger partial charge in [0.25, 0.3) is 11.8 Å². The van der Waals surface area contributed by atoms with Crippen molar-refractivity contribution in [1.82, 2.24) is 25.2 Å². The molecule has 2 aromatic rings. The number of carbonyl (C=O) groups excluding carboxylic acids is 2. The van der Waals surface area contributed by atoms with Crippen LogP contribution >= 0.6 is 0 Å². The minimum Gasteiger partial charge on any atom is -0.343 e. The number of piperidine rings is 1. The van der Waals surface area contributed by atoms with Crippen LogP contribution in [0.1, 0.15) is 64.5 Å². The smallest absolute Gasteiger partial charge is 0.274 e. The Morgan fingerprint density at radius 3 is 2.42 bits per heavy atom. The maximum Gasteiger partial charge on any atom is 0.274 e. The number of pyridine rings is 1. The van der Waals surface area contributed by atoms with Gasteiger partial charge in [-0.3, -0.25) is 14.6 Å². The first kappa shape index (κ1) is 18.0. The summed E-state index contributed by atoms with van der Waals surface area (Å²) in [7, 11) is 0. The summed E-state index contributed by atoms with van der Waals surface area (Å²) >= 11 is 0. The van der Waals surface area contributed by atoms with Gasteiger partial charge in [-0.1, -0.05) is 6.07 Å². The lowest BCUT2D eigenvalue weighted by Gasteiger charge is -2.26. The largest absolute Gasteiger partial charge is 0.343 e. The normalized spacial score (nSPS) is 15.4. The van der Waals surface area contributed by atoms with Crippen molar-refractivity contribution >= 4 is 11.8 Å². The monoisotopic (exact) mass is 353 g/mol. The molecule has 1 fully saturated rings. The molecule has 3 heterocycles. The molecule has 1 aliphatic rings. The van der Waals surface area contributed by atoms with Crippen molar-refractivity contribution < 1.29 is 9.59 Å². The third-order valence-electron chi connectivity index (χ3n) is 4.57. The molecule has 0 spiro atoms. The van der Waals surface area contributed by atoms with E-state index in [-0.39, 0.29) is 23.3 Å². The average Bonchev–Trinajstić information content (AvgIpc) is 2.68. The summed E-state index contributed by atoms with van der Waals surface area (Å²) < 4.78 is 0. The first-order valence-electron chi connectivity index (χ1n) is 8.90. The SMILES string of the molecule is Cc1cccnc1[C@H](C)NC(=O)c1nccnc1C(=O)N1CCCCC1. The van der Waals surface area contributed by atoms with Gasteiger partial charge in [0.1, 0.15) is 0 Å². The first-order valence-corrected chi connectivity index (χ1v) is 8.90. The molecule has 0 aromatic carbocycles. The molecule has 0 unspecified atom stereocenters. The predicted octanol–water partition coefficient (Wildman–Crippen LogP) is 2.30. The van der Waals surface area contributed by atoms with Gasteiger partial charge in [-0.2, -0.15) is 0 Å². The molecule has 0 bridgehead atoms. The van der Waals surface area contributed by atoms with E-state index in [0.29, 0.717) is 13.1 Å². The third kappa shape index (κ3) is 3.87. The summed E-state index contributed by atoms with van der Waals surface area (Å²) in [5, 5.41) is 2.88. The van der Waals surface area contributed by atoms with Gasteiger partial charge in [0, 0.05) is 31.7 Å². The van der Waals surface area contributed by atoms with Gasteiger partial charge < -0.3 is 10.2 Å². The number of hydrogen-bond donors (Lipinski definition) is 1. The topological polar surface area (TPSA) is 88.1 Å². The Morgan fingerprint density at radius 1 is 1.04 bits per heavy atom. The highest BCUT2D eigenvalue weighted by Crippen LogP contribution is 2.16. The predicted molar refractivity (Wildman–Crippen MR) is 96.6 cm³/mol. The Morgan fingerprint density at radius 2 is 1.73 bits per heavy atom. The third-order valence-corrected chi connectivity index (χ3v) is 4.57. The molecule has 2 amide bonds. The number of hydrogen-bond acceptors (Lipinski definition) is 5. The summed E-state index contributed by atoms with van der Waals surface area (Å²) in [6.45, 7) is 5.19. The lowest BCUT2D eigenvalue weighted by molar-refractivity contribution is 0.0710. The second kappa shape index (κ2) is 8.03. The standard InChI is InChI=1S/C19H23N5O2/c1-13-7-6-8-20-15(13)14(2)23-18(25)16-17(22-10-9-21-16)19(26)24-11-4-3-5-12-24/h6-10,14H,3-5,11-12H2,1-2H3,(H,23,25)/t14-/m0/s1. The number of aryl methyl sites for hydroxylation is 1. The van der Waals surface area contributed by atoms with Crippen molar-refractivity contribution in [3.8, 4) is 0 Å². The second-order valence-corrected chi connectivity index (χ2v) is 6.51. The van der Waals surface area contributed by atoms with Gasteiger partial charge in [0.15, 0.2) is 11.4 Å². The van der Waals surface area contributed by atoms with Gasteiger partial charge in [0.05, 0.1) is 11.7 Å². The molecule has 136 valence electrons. The van der Waals surface area contributed by atoms with Gasteiger partial charge in [-0.25, -0.2) is 9.97 Å². The summed E-state index contributed by atoms with van der Waals surface area (Å²) in [4.78, 5) is 39.8. The van der Waals surface area contributed by atoms with Crippen molar-refractivity contribution in [3.63, 3.8) is 0 Å². The van der Waals surface area contributed by atoms with Crippen molar-refractivity contribution in [2.75, 3.05) is 13.1 Å². The fourth-order valence-electron chi connectivity index (χ4n) is 3.19. The molecule has 0 radical (unpaired) electrons. The number of nitrogens with zero attached hydrogens (tertiary/aromatic N) is 4. The Bertz CT molecular complexity index is 802. The van der Waals surface area contributed by atoms with Crippen molar-refractivity contribution in [2.45, 2.75) is 39.2 Å². The minimum absolute atomic E-state index is 0.0588. The maximum absolute atomic E-state index is 12.8. The van der Waals surface area contributed by atoms with Crippen molar-refractivity contribution in [3.05, 3.63) is 53.4 Å². The van der Waals surface area contributed by atoms with Crippen LogP contribution < -0.4 is 5.32 Å². The molecule has 0 saturated carbocycles. The van der Waals surface area contributed by atoms with E-state index in [4.69, 9.17) is 0 Å². The average molecular weight is 353 g/mol. The van der Waals surface area contributed by atoms with Gasteiger partial charge >= 0.3 is 0 Å². The summed E-state index contributed by atoms with van der Waals surface area (Å²) in [6.07, 6.45) is 7.64. The van der Waals surface area contributed by atoms with E-state index in [1.54, 1.807) is 11.1 Å². The zero-order valence-corrected chi connectivity index (χ0v) is 15.1. The lowest BCUT2D eigenvalue weighted by Crippen LogP contribution is -2.38. The van der Waals surface area contributed by atoms with E-state index >= 15 is 0 Å². The summed E-state index contributed by atoms with van der Waals surface area (Å²) in [5.74, 6) is -0.652. The Labute approximate surface area is 152 Å². The number of aromatic nitrogens is 3. The summed E-state index contributed by atoms with van der Waals surface area (Å²) in [5.41, 5.74) is 1.94. The van der Waals surface area contributed by atoms with Crippen LogP contribution in [0.5, 0.6) is 0 Å². The number of nitrogens with one attached hydrogen (secondary N) is 1. The first-order chi connectivity index (χ1) is 12.6. The van der Waals surface area contributed by atoms with E-state index < -0.39 is 5.91 Å². The Kier molecular flexibility index (Phi) is 5.55.